The molecule has 0 aliphatic heterocycles. The summed E-state index contributed by atoms with van der Waals surface area (Å²) in [5.41, 5.74) is -0.700. The number of esters is 1. The molecule has 0 rings (SSSR count). The summed E-state index contributed by atoms with van der Waals surface area (Å²) in [4.78, 5) is 22.2. The Hall–Kier alpha value is -1.38. The molecule has 0 aromatic carbocycles. The first-order valence-electron chi connectivity index (χ1n) is 4.47. The van der Waals surface area contributed by atoms with Gasteiger partial charge in [-0.2, -0.15) is 0 Å². The third kappa shape index (κ3) is 4.03. The van der Waals surface area contributed by atoms with E-state index < -0.39 is 11.4 Å². The van der Waals surface area contributed by atoms with E-state index in [1.807, 2.05) is 0 Å². The van der Waals surface area contributed by atoms with E-state index in [0.29, 0.717) is 6.61 Å². The highest BCUT2D eigenvalue weighted by Gasteiger charge is 2.21. The van der Waals surface area contributed by atoms with Crippen molar-refractivity contribution < 1.29 is 14.3 Å². The molecule has 0 aromatic heterocycles. The average Bonchev–Trinajstić information content (AvgIpc) is 2.14. The molecule has 78 valence electrons. The molecule has 0 aliphatic rings. The number of ether oxygens (including phenoxy) is 1. The molecule has 0 heterocycles. The first-order valence-corrected chi connectivity index (χ1v) is 4.47. The van der Waals surface area contributed by atoms with Gasteiger partial charge in [-0.05, 0) is 26.8 Å². The number of carbonyl (C=O) groups excluding carboxylic acids is 2. The fourth-order valence-electron chi connectivity index (χ4n) is 0.812. The third-order valence-electron chi connectivity index (χ3n) is 1.74. The van der Waals surface area contributed by atoms with Crippen LogP contribution in [0.5, 0.6) is 0 Å². The Morgan fingerprint density at radius 3 is 2.43 bits per heavy atom. The molecule has 0 fully saturated rings. The minimum Gasteiger partial charge on any atom is -0.463 e. The Balaban J connectivity index is 4.41. The molecule has 14 heavy (non-hydrogen) atoms. The van der Waals surface area contributed by atoms with Crippen molar-refractivity contribution in [3.05, 3.63) is 24.8 Å². The zero-order valence-electron chi connectivity index (χ0n) is 8.87. The minimum atomic E-state index is -0.700. The summed E-state index contributed by atoms with van der Waals surface area (Å²) in [6.45, 7) is 8.88. The maximum absolute atomic E-state index is 11.3. The van der Waals surface area contributed by atoms with Gasteiger partial charge in [-0.3, -0.25) is 4.79 Å². The number of rotatable bonds is 5. The number of hydrogen-bond donors (Lipinski definition) is 0. The van der Waals surface area contributed by atoms with Gasteiger partial charge in [-0.25, -0.2) is 4.79 Å². The van der Waals surface area contributed by atoms with Crippen molar-refractivity contribution >= 4 is 11.8 Å². The highest BCUT2D eigenvalue weighted by molar-refractivity contribution is 5.96. The summed E-state index contributed by atoms with van der Waals surface area (Å²) < 4.78 is 4.69. The number of ketones is 1. The van der Waals surface area contributed by atoms with Gasteiger partial charge >= 0.3 is 5.97 Å². The van der Waals surface area contributed by atoms with Crippen LogP contribution in [0.2, 0.25) is 0 Å². The predicted octanol–water partition coefficient (Wildman–Crippen LogP) is 1.89. The van der Waals surface area contributed by atoms with Gasteiger partial charge in [0.2, 0.25) is 0 Å². The van der Waals surface area contributed by atoms with Gasteiger partial charge in [0.1, 0.15) is 0 Å². The highest BCUT2D eigenvalue weighted by atomic mass is 16.5. The van der Waals surface area contributed by atoms with Crippen molar-refractivity contribution in [3.8, 4) is 0 Å². The zero-order valence-corrected chi connectivity index (χ0v) is 8.87. The van der Waals surface area contributed by atoms with Gasteiger partial charge in [0.25, 0.3) is 0 Å². The van der Waals surface area contributed by atoms with E-state index in [9.17, 15) is 9.59 Å². The Morgan fingerprint density at radius 2 is 2.00 bits per heavy atom. The quantitative estimate of drug-likeness (QED) is 0.498. The number of hydrogen-bond acceptors (Lipinski definition) is 3. The van der Waals surface area contributed by atoms with E-state index in [1.165, 1.54) is 18.2 Å². The molecule has 0 N–H and O–H groups in total. The van der Waals surface area contributed by atoms with Gasteiger partial charge in [-0.15, -0.1) is 0 Å². The second kappa shape index (κ2) is 5.37. The largest absolute Gasteiger partial charge is 0.463 e. The molecule has 3 nitrogen and oxygen atoms in total. The normalized spacial score (nSPS) is 11.4. The van der Waals surface area contributed by atoms with Crippen LogP contribution in [-0.4, -0.2) is 18.4 Å². The molecule has 0 radical (unpaired) electrons. The van der Waals surface area contributed by atoms with Crippen LogP contribution >= 0.6 is 0 Å². The van der Waals surface area contributed by atoms with E-state index in [2.05, 4.69) is 11.3 Å². The molecule has 0 aliphatic carbocycles. The van der Waals surface area contributed by atoms with Crippen molar-refractivity contribution in [2.75, 3.05) is 6.61 Å². The SMILES string of the molecule is C=CC(=O)C(C)(C)/C=C/C(=O)OCC. The van der Waals surface area contributed by atoms with E-state index in [-0.39, 0.29) is 5.78 Å². The summed E-state index contributed by atoms with van der Waals surface area (Å²) in [6.07, 6.45) is 4.04. The van der Waals surface area contributed by atoms with Crippen LogP contribution in [0.25, 0.3) is 0 Å². The van der Waals surface area contributed by atoms with Crippen molar-refractivity contribution in [1.29, 1.82) is 0 Å². The molecular formula is C11H16O3. The zero-order chi connectivity index (χ0) is 11.2. The first kappa shape index (κ1) is 12.6. The van der Waals surface area contributed by atoms with Crippen LogP contribution in [-0.2, 0) is 14.3 Å². The molecule has 0 saturated heterocycles. The Morgan fingerprint density at radius 1 is 1.43 bits per heavy atom. The second-order valence-corrected chi connectivity index (χ2v) is 3.38. The summed E-state index contributed by atoms with van der Waals surface area (Å²) in [5.74, 6) is -0.560. The lowest BCUT2D eigenvalue weighted by atomic mass is 9.88. The lowest BCUT2D eigenvalue weighted by molar-refractivity contribution is -0.137. The maximum Gasteiger partial charge on any atom is 0.330 e. The fourth-order valence-corrected chi connectivity index (χ4v) is 0.812. The number of allylic oxidation sites excluding steroid dienone is 2. The Bertz CT molecular complexity index is 262. The van der Waals surface area contributed by atoms with Crippen LogP contribution in [0.15, 0.2) is 24.8 Å². The van der Waals surface area contributed by atoms with Gasteiger partial charge in [0.05, 0.1) is 6.61 Å². The number of carbonyl (C=O) groups is 2. The molecule has 0 aromatic rings. The van der Waals surface area contributed by atoms with E-state index >= 15 is 0 Å². The van der Waals surface area contributed by atoms with E-state index in [0.717, 1.165) is 0 Å². The summed E-state index contributed by atoms with van der Waals surface area (Å²) in [6, 6.07) is 0. The van der Waals surface area contributed by atoms with E-state index in [1.54, 1.807) is 20.8 Å². The molecule has 0 bridgehead atoms. The van der Waals surface area contributed by atoms with Crippen molar-refractivity contribution in [3.63, 3.8) is 0 Å². The van der Waals surface area contributed by atoms with Crippen LogP contribution in [0.3, 0.4) is 0 Å². The summed E-state index contributed by atoms with van der Waals surface area (Å²) >= 11 is 0. The fraction of sp³-hybridized carbons (Fsp3) is 0.455. The topological polar surface area (TPSA) is 43.4 Å². The molecule has 0 amide bonds. The highest BCUT2D eigenvalue weighted by Crippen LogP contribution is 2.18. The van der Waals surface area contributed by atoms with Crippen LogP contribution < -0.4 is 0 Å². The third-order valence-corrected chi connectivity index (χ3v) is 1.74. The Kier molecular flexibility index (Phi) is 4.84. The Labute approximate surface area is 84.4 Å². The second-order valence-electron chi connectivity index (χ2n) is 3.38. The summed E-state index contributed by atoms with van der Waals surface area (Å²) in [7, 11) is 0. The van der Waals surface area contributed by atoms with Crippen molar-refractivity contribution in [2.45, 2.75) is 20.8 Å². The van der Waals surface area contributed by atoms with E-state index in [4.69, 9.17) is 0 Å². The van der Waals surface area contributed by atoms with Crippen molar-refractivity contribution in [1.82, 2.24) is 0 Å². The van der Waals surface area contributed by atoms with Crippen molar-refractivity contribution in [2.24, 2.45) is 5.41 Å². The lowest BCUT2D eigenvalue weighted by Crippen LogP contribution is -2.19. The average molecular weight is 196 g/mol. The lowest BCUT2D eigenvalue weighted by Gasteiger charge is -2.15. The molecule has 0 unspecified atom stereocenters. The van der Waals surface area contributed by atoms with Crippen LogP contribution in [0.1, 0.15) is 20.8 Å². The molecule has 0 atom stereocenters. The first-order chi connectivity index (χ1) is 6.44. The van der Waals surface area contributed by atoms with Crippen LogP contribution in [0.4, 0.5) is 0 Å². The predicted molar refractivity (Wildman–Crippen MR) is 54.8 cm³/mol. The van der Waals surface area contributed by atoms with Gasteiger partial charge in [-0.1, -0.05) is 12.7 Å². The molecular weight excluding hydrogens is 180 g/mol. The molecule has 3 heteroatoms. The minimum absolute atomic E-state index is 0.127. The van der Waals surface area contributed by atoms with Gasteiger partial charge in [0.15, 0.2) is 5.78 Å². The smallest absolute Gasteiger partial charge is 0.330 e. The monoisotopic (exact) mass is 196 g/mol. The molecule has 0 saturated carbocycles. The summed E-state index contributed by atoms with van der Waals surface area (Å²) in [5, 5.41) is 0. The van der Waals surface area contributed by atoms with Crippen LogP contribution in [0, 0.1) is 5.41 Å². The van der Waals surface area contributed by atoms with Gasteiger partial charge in [0, 0.05) is 11.5 Å². The maximum atomic E-state index is 11.3. The molecule has 0 spiro atoms. The standard InChI is InChI=1S/C11H16O3/c1-5-9(12)11(3,4)8-7-10(13)14-6-2/h5,7-8H,1,6H2,2-4H3/b8-7+. The van der Waals surface area contributed by atoms with Gasteiger partial charge < -0.3 is 4.74 Å².